The standard InChI is InChI=1S/C15H16BrN3O/c1-10-3-4-14(13(16)9-10)19-15(20)18-11(2)12-5-7-17-8-6-12/h3-9,11H,1-2H3,(H2,18,19,20)/t11-/m1/s1. The van der Waals surface area contributed by atoms with Crippen molar-refractivity contribution < 1.29 is 4.79 Å². The van der Waals surface area contributed by atoms with Crippen molar-refractivity contribution in [1.29, 1.82) is 0 Å². The molecule has 5 heteroatoms. The number of carbonyl (C=O) groups excluding carboxylic acids is 1. The minimum absolute atomic E-state index is 0.0813. The third-order valence-corrected chi connectivity index (χ3v) is 3.58. The highest BCUT2D eigenvalue weighted by atomic mass is 79.9. The average Bonchev–Trinajstić information content (AvgIpc) is 2.43. The van der Waals surface area contributed by atoms with Crippen molar-refractivity contribution in [2.75, 3.05) is 5.32 Å². The zero-order chi connectivity index (χ0) is 14.5. The van der Waals surface area contributed by atoms with E-state index in [0.717, 1.165) is 21.3 Å². The van der Waals surface area contributed by atoms with Crippen LogP contribution in [0.2, 0.25) is 0 Å². The first-order valence-corrected chi connectivity index (χ1v) is 7.09. The van der Waals surface area contributed by atoms with E-state index < -0.39 is 0 Å². The van der Waals surface area contributed by atoms with Crippen molar-refractivity contribution in [3.05, 3.63) is 58.3 Å². The van der Waals surface area contributed by atoms with E-state index in [1.54, 1.807) is 12.4 Å². The molecule has 1 heterocycles. The number of anilines is 1. The van der Waals surface area contributed by atoms with Crippen molar-refractivity contribution in [3.8, 4) is 0 Å². The van der Waals surface area contributed by atoms with Gasteiger partial charge in [-0.3, -0.25) is 4.98 Å². The van der Waals surface area contributed by atoms with Gasteiger partial charge >= 0.3 is 6.03 Å². The zero-order valence-corrected chi connectivity index (χ0v) is 12.9. The molecule has 0 aliphatic carbocycles. The summed E-state index contributed by atoms with van der Waals surface area (Å²) in [6, 6.07) is 9.23. The molecule has 104 valence electrons. The second kappa shape index (κ2) is 6.52. The first-order valence-electron chi connectivity index (χ1n) is 6.30. The van der Waals surface area contributed by atoms with E-state index in [9.17, 15) is 4.79 Å². The molecular formula is C15H16BrN3O. The van der Waals surface area contributed by atoms with Crippen LogP contribution in [0.1, 0.15) is 24.1 Å². The third-order valence-electron chi connectivity index (χ3n) is 2.93. The van der Waals surface area contributed by atoms with Crippen LogP contribution < -0.4 is 10.6 Å². The maximum absolute atomic E-state index is 12.0. The van der Waals surface area contributed by atoms with Gasteiger partial charge in [0.1, 0.15) is 0 Å². The summed E-state index contributed by atoms with van der Waals surface area (Å²) in [5, 5.41) is 5.71. The third kappa shape index (κ3) is 3.81. The van der Waals surface area contributed by atoms with Crippen LogP contribution in [0.3, 0.4) is 0 Å². The molecule has 2 amide bonds. The van der Waals surface area contributed by atoms with Crippen molar-refractivity contribution in [2.24, 2.45) is 0 Å². The summed E-state index contributed by atoms with van der Waals surface area (Å²) >= 11 is 3.44. The molecule has 2 N–H and O–H groups in total. The van der Waals surface area contributed by atoms with Crippen molar-refractivity contribution in [3.63, 3.8) is 0 Å². The molecule has 0 saturated carbocycles. The number of benzene rings is 1. The predicted molar refractivity (Wildman–Crippen MR) is 83.7 cm³/mol. The van der Waals surface area contributed by atoms with Crippen molar-refractivity contribution in [1.82, 2.24) is 10.3 Å². The Bertz CT molecular complexity index is 601. The second-order valence-corrected chi connectivity index (χ2v) is 5.44. The quantitative estimate of drug-likeness (QED) is 0.890. The summed E-state index contributed by atoms with van der Waals surface area (Å²) in [5.74, 6) is 0. The molecule has 0 fully saturated rings. The largest absolute Gasteiger partial charge is 0.331 e. The van der Waals surface area contributed by atoms with E-state index in [1.165, 1.54) is 0 Å². The minimum Gasteiger partial charge on any atom is -0.331 e. The predicted octanol–water partition coefficient (Wildman–Crippen LogP) is 4.04. The number of nitrogens with one attached hydrogen (secondary N) is 2. The lowest BCUT2D eigenvalue weighted by Crippen LogP contribution is -2.31. The summed E-state index contributed by atoms with van der Waals surface area (Å²) in [4.78, 5) is 15.9. The zero-order valence-electron chi connectivity index (χ0n) is 11.4. The van der Waals surface area contributed by atoms with Crippen LogP contribution in [0, 0.1) is 6.92 Å². The molecule has 0 aliphatic heterocycles. The van der Waals surface area contributed by atoms with Gasteiger partial charge in [0, 0.05) is 16.9 Å². The van der Waals surface area contributed by atoms with Gasteiger partial charge in [-0.05, 0) is 65.2 Å². The molecular weight excluding hydrogens is 318 g/mol. The van der Waals surface area contributed by atoms with E-state index in [1.807, 2.05) is 44.2 Å². The Hall–Kier alpha value is -1.88. The topological polar surface area (TPSA) is 54.0 Å². The first kappa shape index (κ1) is 14.5. The van der Waals surface area contributed by atoms with Gasteiger partial charge in [-0.25, -0.2) is 4.79 Å². The Morgan fingerprint density at radius 2 is 1.95 bits per heavy atom. The monoisotopic (exact) mass is 333 g/mol. The Morgan fingerprint density at radius 1 is 1.25 bits per heavy atom. The fourth-order valence-electron chi connectivity index (χ4n) is 1.81. The van der Waals surface area contributed by atoms with E-state index in [4.69, 9.17) is 0 Å². The highest BCUT2D eigenvalue weighted by Gasteiger charge is 2.10. The normalized spacial score (nSPS) is 11.8. The summed E-state index contributed by atoms with van der Waals surface area (Å²) in [6.07, 6.45) is 3.42. The van der Waals surface area contributed by atoms with Crippen LogP contribution in [0.4, 0.5) is 10.5 Å². The van der Waals surface area contributed by atoms with Crippen molar-refractivity contribution in [2.45, 2.75) is 19.9 Å². The number of rotatable bonds is 3. The molecule has 1 aromatic heterocycles. The molecule has 2 aromatic rings. The van der Waals surface area contributed by atoms with E-state index in [-0.39, 0.29) is 12.1 Å². The number of aryl methyl sites for hydroxylation is 1. The number of amides is 2. The fourth-order valence-corrected chi connectivity index (χ4v) is 2.40. The molecule has 0 radical (unpaired) electrons. The Balaban J connectivity index is 1.99. The van der Waals surface area contributed by atoms with Crippen molar-refractivity contribution >= 4 is 27.6 Å². The summed E-state index contributed by atoms with van der Waals surface area (Å²) in [6.45, 7) is 3.93. The lowest BCUT2D eigenvalue weighted by molar-refractivity contribution is 0.249. The van der Waals surface area contributed by atoms with E-state index in [0.29, 0.717) is 0 Å². The lowest BCUT2D eigenvalue weighted by atomic mass is 10.1. The van der Waals surface area contributed by atoms with Gasteiger partial charge in [0.05, 0.1) is 11.7 Å². The van der Waals surface area contributed by atoms with E-state index in [2.05, 4.69) is 31.5 Å². The van der Waals surface area contributed by atoms with Gasteiger partial charge in [0.25, 0.3) is 0 Å². The Morgan fingerprint density at radius 3 is 2.60 bits per heavy atom. The molecule has 4 nitrogen and oxygen atoms in total. The maximum Gasteiger partial charge on any atom is 0.319 e. The second-order valence-electron chi connectivity index (χ2n) is 4.58. The highest BCUT2D eigenvalue weighted by molar-refractivity contribution is 9.10. The first-order chi connectivity index (χ1) is 9.56. The molecule has 1 atom stereocenters. The SMILES string of the molecule is Cc1ccc(NC(=O)N[C@H](C)c2ccncc2)c(Br)c1. The summed E-state index contributed by atoms with van der Waals surface area (Å²) in [7, 11) is 0. The molecule has 20 heavy (non-hydrogen) atoms. The number of pyridine rings is 1. The lowest BCUT2D eigenvalue weighted by Gasteiger charge is -2.15. The minimum atomic E-state index is -0.237. The Kier molecular flexibility index (Phi) is 4.74. The van der Waals surface area contributed by atoms with Gasteiger partial charge in [-0.15, -0.1) is 0 Å². The molecule has 2 rings (SSSR count). The van der Waals surface area contributed by atoms with Crippen LogP contribution in [0.25, 0.3) is 0 Å². The molecule has 0 unspecified atom stereocenters. The number of urea groups is 1. The van der Waals surface area contributed by atoms with Crippen LogP contribution in [-0.2, 0) is 0 Å². The molecule has 0 saturated heterocycles. The van der Waals surface area contributed by atoms with Crippen LogP contribution in [0.5, 0.6) is 0 Å². The molecule has 0 spiro atoms. The number of hydrogen-bond acceptors (Lipinski definition) is 2. The van der Waals surface area contributed by atoms with Gasteiger partial charge < -0.3 is 10.6 Å². The van der Waals surface area contributed by atoms with E-state index >= 15 is 0 Å². The number of halogens is 1. The van der Waals surface area contributed by atoms with Crippen LogP contribution in [-0.4, -0.2) is 11.0 Å². The van der Waals surface area contributed by atoms with Crippen LogP contribution >= 0.6 is 15.9 Å². The number of hydrogen-bond donors (Lipinski definition) is 2. The van der Waals surface area contributed by atoms with Crippen LogP contribution in [0.15, 0.2) is 47.2 Å². The summed E-state index contributed by atoms with van der Waals surface area (Å²) < 4.78 is 0.865. The highest BCUT2D eigenvalue weighted by Crippen LogP contribution is 2.23. The Labute approximate surface area is 126 Å². The smallest absolute Gasteiger partial charge is 0.319 e. The maximum atomic E-state index is 12.0. The van der Waals surface area contributed by atoms with Gasteiger partial charge in [0.2, 0.25) is 0 Å². The molecule has 0 aliphatic rings. The van der Waals surface area contributed by atoms with Gasteiger partial charge in [-0.1, -0.05) is 6.07 Å². The molecule has 1 aromatic carbocycles. The summed E-state index contributed by atoms with van der Waals surface area (Å²) in [5.41, 5.74) is 2.89. The van der Waals surface area contributed by atoms with Gasteiger partial charge in [-0.2, -0.15) is 0 Å². The molecule has 0 bridgehead atoms. The number of aromatic nitrogens is 1. The fraction of sp³-hybridized carbons (Fsp3) is 0.200. The number of nitrogens with zero attached hydrogens (tertiary/aromatic N) is 1. The average molecular weight is 334 g/mol. The number of carbonyl (C=O) groups is 1. The van der Waals surface area contributed by atoms with Gasteiger partial charge in [0.15, 0.2) is 0 Å².